The molecule has 1 aromatic carbocycles. The highest BCUT2D eigenvalue weighted by molar-refractivity contribution is 5.88. The summed E-state index contributed by atoms with van der Waals surface area (Å²) in [6.45, 7) is 1.63. The summed E-state index contributed by atoms with van der Waals surface area (Å²) in [7, 11) is 0. The summed E-state index contributed by atoms with van der Waals surface area (Å²) in [4.78, 5) is 7.83. The van der Waals surface area contributed by atoms with Gasteiger partial charge in [0.05, 0.1) is 11.1 Å². The van der Waals surface area contributed by atoms with Gasteiger partial charge in [-0.25, -0.2) is 9.97 Å². The number of halogens is 3. The predicted molar refractivity (Wildman–Crippen MR) is 53.7 cm³/mol. The summed E-state index contributed by atoms with van der Waals surface area (Å²) in [5, 5.41) is 0.223. The van der Waals surface area contributed by atoms with E-state index in [0.29, 0.717) is 11.3 Å². The largest absolute Gasteiger partial charge is 0.416 e. The highest BCUT2D eigenvalue weighted by Crippen LogP contribution is 2.32. The molecule has 0 fully saturated rings. The van der Waals surface area contributed by atoms with Crippen molar-refractivity contribution in [1.82, 2.24) is 9.97 Å². The third kappa shape index (κ3) is 1.78. The van der Waals surface area contributed by atoms with Crippen LogP contribution in [-0.4, -0.2) is 9.97 Å². The smallest absolute Gasteiger partial charge is 0.383 e. The zero-order chi connectivity index (χ0) is 11.9. The maximum absolute atomic E-state index is 12.4. The van der Waals surface area contributed by atoms with Crippen LogP contribution in [0.5, 0.6) is 0 Å². The van der Waals surface area contributed by atoms with Crippen molar-refractivity contribution >= 4 is 16.7 Å². The summed E-state index contributed by atoms with van der Waals surface area (Å²) in [6, 6.07) is 3.24. The fourth-order valence-electron chi connectivity index (χ4n) is 1.45. The van der Waals surface area contributed by atoms with Crippen molar-refractivity contribution in [1.29, 1.82) is 0 Å². The molecule has 6 heteroatoms. The summed E-state index contributed by atoms with van der Waals surface area (Å²) < 4.78 is 37.3. The molecule has 3 nitrogen and oxygen atoms in total. The number of aromatic nitrogens is 2. The van der Waals surface area contributed by atoms with E-state index >= 15 is 0 Å². The fraction of sp³-hybridized carbons (Fsp3) is 0.200. The topological polar surface area (TPSA) is 51.8 Å². The molecule has 0 aliphatic rings. The number of nitrogens with two attached hydrogens (primary N) is 1. The molecule has 2 N–H and O–H groups in total. The number of benzene rings is 1. The van der Waals surface area contributed by atoms with Gasteiger partial charge in [-0.3, -0.25) is 0 Å². The molecule has 0 bridgehead atoms. The SMILES string of the molecule is Cc1nc(N)c2cc(C(F)(F)F)ccc2n1. The molecular formula is C10H8F3N3. The maximum Gasteiger partial charge on any atom is 0.416 e. The average Bonchev–Trinajstić information content (AvgIpc) is 2.15. The third-order valence-corrected chi connectivity index (χ3v) is 2.16. The van der Waals surface area contributed by atoms with Crippen LogP contribution in [0.15, 0.2) is 18.2 Å². The lowest BCUT2D eigenvalue weighted by Crippen LogP contribution is -2.05. The first kappa shape index (κ1) is 10.7. The van der Waals surface area contributed by atoms with E-state index in [1.807, 2.05) is 0 Å². The van der Waals surface area contributed by atoms with E-state index in [9.17, 15) is 13.2 Å². The Morgan fingerprint density at radius 2 is 1.88 bits per heavy atom. The Balaban J connectivity index is 2.72. The molecule has 0 unspecified atom stereocenters. The molecule has 1 aromatic heterocycles. The lowest BCUT2D eigenvalue weighted by atomic mass is 10.1. The average molecular weight is 227 g/mol. The maximum atomic E-state index is 12.4. The number of hydrogen-bond donors (Lipinski definition) is 1. The van der Waals surface area contributed by atoms with E-state index in [0.717, 1.165) is 12.1 Å². The van der Waals surface area contributed by atoms with Crippen LogP contribution in [-0.2, 0) is 6.18 Å². The van der Waals surface area contributed by atoms with Gasteiger partial charge in [-0.1, -0.05) is 0 Å². The minimum Gasteiger partial charge on any atom is -0.383 e. The monoisotopic (exact) mass is 227 g/mol. The molecule has 2 aromatic rings. The second kappa shape index (κ2) is 3.33. The summed E-state index contributed by atoms with van der Waals surface area (Å²) >= 11 is 0. The van der Waals surface area contributed by atoms with Crippen LogP contribution >= 0.6 is 0 Å². The van der Waals surface area contributed by atoms with Crippen LogP contribution in [0.2, 0.25) is 0 Å². The third-order valence-electron chi connectivity index (χ3n) is 2.16. The van der Waals surface area contributed by atoms with Gasteiger partial charge < -0.3 is 5.73 Å². The Morgan fingerprint density at radius 3 is 2.50 bits per heavy atom. The summed E-state index contributed by atoms with van der Waals surface area (Å²) in [5.41, 5.74) is 5.21. The van der Waals surface area contributed by atoms with Gasteiger partial charge in [0.15, 0.2) is 0 Å². The summed E-state index contributed by atoms with van der Waals surface area (Å²) in [6.07, 6.45) is -4.38. The van der Waals surface area contributed by atoms with E-state index in [4.69, 9.17) is 5.73 Å². The first-order chi connectivity index (χ1) is 7.38. The minimum absolute atomic E-state index is 0.0635. The number of alkyl halides is 3. The molecule has 0 radical (unpaired) electrons. The molecule has 0 atom stereocenters. The molecule has 0 aliphatic carbocycles. The van der Waals surface area contributed by atoms with Crippen molar-refractivity contribution < 1.29 is 13.2 Å². The van der Waals surface area contributed by atoms with E-state index in [1.54, 1.807) is 6.92 Å². The van der Waals surface area contributed by atoms with Crippen LogP contribution in [0, 0.1) is 6.92 Å². The molecule has 0 amide bonds. The van der Waals surface area contributed by atoms with Gasteiger partial charge >= 0.3 is 6.18 Å². The Bertz CT molecular complexity index is 549. The second-order valence-corrected chi connectivity index (χ2v) is 3.39. The van der Waals surface area contributed by atoms with Crippen molar-refractivity contribution in [2.45, 2.75) is 13.1 Å². The molecule has 0 saturated heterocycles. The Labute approximate surface area is 89.1 Å². The number of rotatable bonds is 0. The van der Waals surface area contributed by atoms with Crippen molar-refractivity contribution in [2.24, 2.45) is 0 Å². The van der Waals surface area contributed by atoms with E-state index in [2.05, 4.69) is 9.97 Å². The summed E-state index contributed by atoms with van der Waals surface area (Å²) in [5.74, 6) is 0.498. The predicted octanol–water partition coefficient (Wildman–Crippen LogP) is 2.54. The number of nitrogen functional groups attached to an aromatic ring is 1. The zero-order valence-electron chi connectivity index (χ0n) is 8.34. The lowest BCUT2D eigenvalue weighted by molar-refractivity contribution is -0.137. The highest BCUT2D eigenvalue weighted by atomic mass is 19.4. The number of hydrogen-bond acceptors (Lipinski definition) is 3. The number of nitrogens with zero attached hydrogens (tertiary/aromatic N) is 2. The van der Waals surface area contributed by atoms with Crippen molar-refractivity contribution in [3.05, 3.63) is 29.6 Å². The van der Waals surface area contributed by atoms with Gasteiger partial charge in [0.1, 0.15) is 11.6 Å². The molecule has 0 saturated carbocycles. The first-order valence-electron chi connectivity index (χ1n) is 4.49. The van der Waals surface area contributed by atoms with Crippen LogP contribution in [0.1, 0.15) is 11.4 Å². The number of aryl methyl sites for hydroxylation is 1. The van der Waals surface area contributed by atoms with Crippen LogP contribution < -0.4 is 5.73 Å². The quantitative estimate of drug-likeness (QED) is 0.752. The van der Waals surface area contributed by atoms with E-state index < -0.39 is 11.7 Å². The molecule has 0 aliphatic heterocycles. The van der Waals surface area contributed by atoms with Gasteiger partial charge in [0, 0.05) is 5.39 Å². The second-order valence-electron chi connectivity index (χ2n) is 3.39. The Morgan fingerprint density at radius 1 is 1.19 bits per heavy atom. The number of anilines is 1. The molecular weight excluding hydrogens is 219 g/mol. The molecule has 0 spiro atoms. The van der Waals surface area contributed by atoms with Gasteiger partial charge in [-0.05, 0) is 25.1 Å². The molecule has 16 heavy (non-hydrogen) atoms. The lowest BCUT2D eigenvalue weighted by Gasteiger charge is -2.08. The number of fused-ring (bicyclic) bond motifs is 1. The van der Waals surface area contributed by atoms with Gasteiger partial charge in [0.25, 0.3) is 0 Å². The Kier molecular flexibility index (Phi) is 2.22. The van der Waals surface area contributed by atoms with Crippen molar-refractivity contribution in [3.63, 3.8) is 0 Å². The van der Waals surface area contributed by atoms with Crippen LogP contribution in [0.4, 0.5) is 19.0 Å². The van der Waals surface area contributed by atoms with E-state index in [1.165, 1.54) is 6.07 Å². The first-order valence-corrected chi connectivity index (χ1v) is 4.49. The van der Waals surface area contributed by atoms with Crippen LogP contribution in [0.25, 0.3) is 10.9 Å². The standard InChI is InChI=1S/C10H8F3N3/c1-5-15-8-3-2-6(10(11,12)13)4-7(8)9(14)16-5/h2-4H,1H3,(H2,14,15,16). The van der Waals surface area contributed by atoms with Crippen LogP contribution in [0.3, 0.4) is 0 Å². The van der Waals surface area contributed by atoms with Crippen molar-refractivity contribution in [2.75, 3.05) is 5.73 Å². The molecule has 2 rings (SSSR count). The normalized spacial score (nSPS) is 12.0. The van der Waals surface area contributed by atoms with Crippen molar-refractivity contribution in [3.8, 4) is 0 Å². The molecule has 1 heterocycles. The fourth-order valence-corrected chi connectivity index (χ4v) is 1.45. The Hall–Kier alpha value is -1.85. The highest BCUT2D eigenvalue weighted by Gasteiger charge is 2.30. The van der Waals surface area contributed by atoms with Gasteiger partial charge in [0.2, 0.25) is 0 Å². The minimum atomic E-state index is -4.38. The van der Waals surface area contributed by atoms with Gasteiger partial charge in [-0.2, -0.15) is 13.2 Å². The molecule has 84 valence electrons. The zero-order valence-corrected chi connectivity index (χ0v) is 8.34. The van der Waals surface area contributed by atoms with E-state index in [-0.39, 0.29) is 11.2 Å². The van der Waals surface area contributed by atoms with Gasteiger partial charge in [-0.15, -0.1) is 0 Å².